The van der Waals surface area contributed by atoms with E-state index in [-0.39, 0.29) is 10.6 Å². The van der Waals surface area contributed by atoms with Gasteiger partial charge in [-0.25, -0.2) is 17.9 Å². The molecule has 0 aromatic heterocycles. The molecular weight excluding hydrogens is 388 g/mol. The molecule has 29 heavy (non-hydrogen) atoms. The molecular formula is C22H38N2O4S. The molecule has 0 aliphatic heterocycles. The maximum Gasteiger partial charge on any atom is 0.328 e. The number of carbonyl (C=O) groups is 1. The number of hydrogen-bond acceptors (Lipinski definition) is 4. The standard InChI is InChI=1S/C22H38N2O4S/c1-3-4-5-6-7-8-9-10-11-12-13-16-19-23-22(25)24-29(26,27)21-18-15-14-17-20(21)28-2/h14-15,17-18H,3-13,16,19H2,1-2H3,(H2,23,24,25). The summed E-state index contributed by atoms with van der Waals surface area (Å²) in [6, 6.07) is 5.49. The Morgan fingerprint density at radius 2 is 1.38 bits per heavy atom. The number of para-hydroxylation sites is 1. The molecule has 0 saturated carbocycles. The van der Waals surface area contributed by atoms with Gasteiger partial charge in [-0.05, 0) is 18.6 Å². The van der Waals surface area contributed by atoms with E-state index < -0.39 is 16.1 Å². The lowest BCUT2D eigenvalue weighted by Crippen LogP contribution is -2.39. The number of methoxy groups -OCH3 is 1. The molecule has 166 valence electrons. The second-order valence-corrected chi connectivity index (χ2v) is 9.05. The number of ether oxygens (including phenoxy) is 1. The van der Waals surface area contributed by atoms with Gasteiger partial charge in [-0.1, -0.05) is 89.7 Å². The minimum atomic E-state index is -3.96. The molecule has 0 bridgehead atoms. The van der Waals surface area contributed by atoms with E-state index in [9.17, 15) is 13.2 Å². The summed E-state index contributed by atoms with van der Waals surface area (Å²) in [5, 5.41) is 2.61. The van der Waals surface area contributed by atoms with Gasteiger partial charge in [-0.3, -0.25) is 0 Å². The minimum absolute atomic E-state index is 0.0528. The van der Waals surface area contributed by atoms with Crippen molar-refractivity contribution < 1.29 is 17.9 Å². The summed E-state index contributed by atoms with van der Waals surface area (Å²) in [4.78, 5) is 11.8. The fourth-order valence-corrected chi connectivity index (χ4v) is 4.32. The van der Waals surface area contributed by atoms with Crippen molar-refractivity contribution in [2.24, 2.45) is 0 Å². The third-order valence-electron chi connectivity index (χ3n) is 4.90. The first-order valence-corrected chi connectivity index (χ1v) is 12.4. The highest BCUT2D eigenvalue weighted by Gasteiger charge is 2.21. The molecule has 0 spiro atoms. The smallest absolute Gasteiger partial charge is 0.328 e. The van der Waals surface area contributed by atoms with Gasteiger partial charge in [0.05, 0.1) is 7.11 Å². The molecule has 1 rings (SSSR count). The quantitative estimate of drug-likeness (QED) is 0.347. The molecule has 0 aliphatic rings. The average molecular weight is 427 g/mol. The molecule has 1 aromatic rings. The topological polar surface area (TPSA) is 84.5 Å². The number of amides is 2. The molecule has 0 heterocycles. The SMILES string of the molecule is CCCCCCCCCCCCCCNC(=O)NS(=O)(=O)c1ccccc1OC. The molecule has 0 saturated heterocycles. The predicted molar refractivity (Wildman–Crippen MR) is 118 cm³/mol. The largest absolute Gasteiger partial charge is 0.495 e. The first kappa shape index (κ1) is 25.3. The summed E-state index contributed by atoms with van der Waals surface area (Å²) < 4.78 is 31.7. The van der Waals surface area contributed by atoms with Crippen LogP contribution in [0.25, 0.3) is 0 Å². The number of hydrogen-bond donors (Lipinski definition) is 2. The highest BCUT2D eigenvalue weighted by atomic mass is 32.2. The van der Waals surface area contributed by atoms with E-state index in [4.69, 9.17) is 4.74 Å². The molecule has 0 radical (unpaired) electrons. The first-order valence-electron chi connectivity index (χ1n) is 10.9. The normalized spacial score (nSPS) is 11.2. The van der Waals surface area contributed by atoms with Crippen molar-refractivity contribution in [2.45, 2.75) is 88.9 Å². The van der Waals surface area contributed by atoms with Crippen LogP contribution >= 0.6 is 0 Å². The van der Waals surface area contributed by atoms with Gasteiger partial charge in [-0.15, -0.1) is 0 Å². The van der Waals surface area contributed by atoms with E-state index >= 15 is 0 Å². The molecule has 0 aliphatic carbocycles. The van der Waals surface area contributed by atoms with Crippen molar-refractivity contribution in [3.05, 3.63) is 24.3 Å². The Labute approximate surface area is 176 Å². The van der Waals surface area contributed by atoms with Crippen molar-refractivity contribution in [3.8, 4) is 5.75 Å². The van der Waals surface area contributed by atoms with E-state index in [1.807, 2.05) is 4.72 Å². The van der Waals surface area contributed by atoms with E-state index in [1.54, 1.807) is 18.2 Å². The van der Waals surface area contributed by atoms with Gasteiger partial charge < -0.3 is 10.1 Å². The highest BCUT2D eigenvalue weighted by Crippen LogP contribution is 2.22. The van der Waals surface area contributed by atoms with Crippen molar-refractivity contribution in [1.82, 2.24) is 10.0 Å². The zero-order valence-corrected chi connectivity index (χ0v) is 18.9. The van der Waals surface area contributed by atoms with Crippen LogP contribution in [0.15, 0.2) is 29.2 Å². The summed E-state index contributed by atoms with van der Waals surface area (Å²) >= 11 is 0. The molecule has 0 unspecified atom stereocenters. The summed E-state index contributed by atoms with van der Waals surface area (Å²) in [5.41, 5.74) is 0. The Morgan fingerprint density at radius 3 is 1.93 bits per heavy atom. The second kappa shape index (κ2) is 15.1. The number of rotatable bonds is 16. The van der Waals surface area contributed by atoms with Crippen molar-refractivity contribution in [3.63, 3.8) is 0 Å². The van der Waals surface area contributed by atoms with Gasteiger partial charge in [-0.2, -0.15) is 0 Å². The van der Waals surface area contributed by atoms with Gasteiger partial charge in [0.15, 0.2) is 0 Å². The summed E-state index contributed by atoms with van der Waals surface area (Å²) in [6.45, 7) is 2.71. The van der Waals surface area contributed by atoms with Gasteiger partial charge >= 0.3 is 6.03 Å². The predicted octanol–water partition coefficient (Wildman–Crippen LogP) is 5.38. The third-order valence-corrected chi connectivity index (χ3v) is 6.27. The molecule has 1 aromatic carbocycles. The van der Waals surface area contributed by atoms with Crippen LogP contribution in [0.1, 0.15) is 84.0 Å². The molecule has 7 heteroatoms. The number of nitrogens with one attached hydrogen (secondary N) is 2. The fraction of sp³-hybridized carbons (Fsp3) is 0.682. The van der Waals surface area contributed by atoms with E-state index in [1.165, 1.54) is 71.0 Å². The average Bonchev–Trinajstić information content (AvgIpc) is 2.71. The van der Waals surface area contributed by atoms with Crippen LogP contribution < -0.4 is 14.8 Å². The van der Waals surface area contributed by atoms with Crippen LogP contribution in [0, 0.1) is 0 Å². The lowest BCUT2D eigenvalue weighted by atomic mass is 10.1. The van der Waals surface area contributed by atoms with Crippen molar-refractivity contribution in [2.75, 3.05) is 13.7 Å². The number of sulfonamides is 1. The van der Waals surface area contributed by atoms with E-state index in [0.29, 0.717) is 6.54 Å². The van der Waals surface area contributed by atoms with Gasteiger partial charge in [0.1, 0.15) is 10.6 Å². The molecule has 0 atom stereocenters. The number of urea groups is 1. The fourth-order valence-electron chi connectivity index (χ4n) is 3.22. The Morgan fingerprint density at radius 1 is 0.862 bits per heavy atom. The Bertz CT molecular complexity index is 677. The lowest BCUT2D eigenvalue weighted by Gasteiger charge is -2.11. The third kappa shape index (κ3) is 11.1. The molecule has 0 fully saturated rings. The minimum Gasteiger partial charge on any atom is -0.495 e. The Kier molecular flexibility index (Phi) is 13.2. The summed E-state index contributed by atoms with van der Waals surface area (Å²) in [6.07, 6.45) is 14.9. The monoisotopic (exact) mass is 426 g/mol. The van der Waals surface area contributed by atoms with Gasteiger partial charge in [0, 0.05) is 6.54 Å². The number of benzene rings is 1. The second-order valence-electron chi connectivity index (χ2n) is 7.40. The Balaban J connectivity index is 2.08. The van der Waals surface area contributed by atoms with Crippen LogP contribution in [0.2, 0.25) is 0 Å². The summed E-state index contributed by atoms with van der Waals surface area (Å²) in [7, 11) is -2.57. The highest BCUT2D eigenvalue weighted by molar-refractivity contribution is 7.90. The number of unbranched alkanes of at least 4 members (excludes halogenated alkanes) is 11. The molecule has 6 nitrogen and oxygen atoms in total. The van der Waals surface area contributed by atoms with Crippen LogP contribution in [0.4, 0.5) is 4.79 Å². The van der Waals surface area contributed by atoms with Gasteiger partial charge in [0.2, 0.25) is 0 Å². The van der Waals surface area contributed by atoms with Crippen molar-refractivity contribution in [1.29, 1.82) is 0 Å². The lowest BCUT2D eigenvalue weighted by molar-refractivity contribution is 0.245. The van der Waals surface area contributed by atoms with E-state index in [2.05, 4.69) is 12.2 Å². The maximum absolute atomic E-state index is 12.3. The van der Waals surface area contributed by atoms with Crippen LogP contribution in [-0.2, 0) is 10.0 Å². The Hall–Kier alpha value is -1.76. The first-order chi connectivity index (χ1) is 14.0. The zero-order chi connectivity index (χ0) is 21.4. The molecule has 2 amide bonds. The maximum atomic E-state index is 12.3. The van der Waals surface area contributed by atoms with Crippen LogP contribution in [0.5, 0.6) is 5.75 Å². The van der Waals surface area contributed by atoms with Crippen LogP contribution in [-0.4, -0.2) is 28.1 Å². The van der Waals surface area contributed by atoms with Crippen LogP contribution in [0.3, 0.4) is 0 Å². The van der Waals surface area contributed by atoms with Crippen molar-refractivity contribution >= 4 is 16.1 Å². The zero-order valence-electron chi connectivity index (χ0n) is 18.0. The van der Waals surface area contributed by atoms with Gasteiger partial charge in [0.25, 0.3) is 10.0 Å². The van der Waals surface area contributed by atoms with E-state index in [0.717, 1.165) is 19.3 Å². The summed E-state index contributed by atoms with van der Waals surface area (Å²) in [5.74, 6) is 0.203. The molecule has 2 N–H and O–H groups in total. The number of carbonyl (C=O) groups excluding carboxylic acids is 1.